The summed E-state index contributed by atoms with van der Waals surface area (Å²) in [4.78, 5) is 0. The van der Waals surface area contributed by atoms with Crippen LogP contribution in [0.3, 0.4) is 0 Å². The molecule has 0 radical (unpaired) electrons. The maximum absolute atomic E-state index is 12.2. The van der Waals surface area contributed by atoms with E-state index >= 15 is 0 Å². The molecular weight excluding hydrogens is 269 g/mol. The molecule has 0 aromatic carbocycles. The van der Waals surface area contributed by atoms with Gasteiger partial charge in [-0.2, -0.15) is 11.8 Å². The van der Waals surface area contributed by atoms with E-state index in [2.05, 4.69) is 11.6 Å². The Bertz CT molecular complexity index is 268. The fourth-order valence-electron chi connectivity index (χ4n) is 2.39. The van der Waals surface area contributed by atoms with E-state index in [1.54, 1.807) is 0 Å². The van der Waals surface area contributed by atoms with Crippen LogP contribution in [0.25, 0.3) is 0 Å². The molecule has 0 aromatic heterocycles. The van der Waals surface area contributed by atoms with Crippen molar-refractivity contribution < 1.29 is 13.6 Å². The monoisotopic (exact) mass is 295 g/mol. The Labute approximate surface area is 115 Å². The molecule has 1 saturated carbocycles. The molecule has 6 heteroatoms. The molecule has 2 atom stereocenters. The zero-order valence-electron chi connectivity index (χ0n) is 11.7. The van der Waals surface area contributed by atoms with Crippen molar-refractivity contribution in [2.45, 2.75) is 44.4 Å². The van der Waals surface area contributed by atoms with Gasteiger partial charge in [0.05, 0.1) is 19.4 Å². The van der Waals surface area contributed by atoms with Crippen LogP contribution < -0.4 is 5.32 Å². The van der Waals surface area contributed by atoms with Crippen molar-refractivity contribution in [2.75, 3.05) is 32.2 Å². The van der Waals surface area contributed by atoms with Crippen LogP contribution in [0.15, 0.2) is 0 Å². The first kappa shape index (κ1) is 16.5. The summed E-state index contributed by atoms with van der Waals surface area (Å²) in [5, 5.41) is 4.20. The van der Waals surface area contributed by atoms with E-state index in [1.807, 2.05) is 25.6 Å². The highest BCUT2D eigenvalue weighted by Crippen LogP contribution is 2.47. The van der Waals surface area contributed by atoms with Gasteiger partial charge in [0.2, 0.25) is 0 Å². The topological polar surface area (TPSA) is 47.6 Å². The largest absolute Gasteiger partial charge is 0.331 e. The van der Waals surface area contributed by atoms with E-state index in [9.17, 15) is 4.57 Å². The van der Waals surface area contributed by atoms with Gasteiger partial charge in [-0.3, -0.25) is 4.57 Å². The predicted molar refractivity (Wildman–Crippen MR) is 78.7 cm³/mol. The molecule has 2 unspecified atom stereocenters. The molecule has 0 amide bonds. The minimum Gasteiger partial charge on any atom is -0.312 e. The molecule has 1 N–H and O–H groups in total. The van der Waals surface area contributed by atoms with Crippen molar-refractivity contribution in [1.29, 1.82) is 0 Å². The summed E-state index contributed by atoms with van der Waals surface area (Å²) >= 11 is 1.92. The number of rotatable bonds is 9. The molecular formula is C12H26NO3PS. The Balaban J connectivity index is 2.32. The summed E-state index contributed by atoms with van der Waals surface area (Å²) in [7, 11) is -2.87. The fourth-order valence-corrected chi connectivity index (χ4v) is 4.87. The third-order valence-electron chi connectivity index (χ3n) is 3.20. The van der Waals surface area contributed by atoms with Crippen molar-refractivity contribution >= 4 is 19.4 Å². The minimum atomic E-state index is -2.87. The molecule has 0 aliphatic heterocycles. The van der Waals surface area contributed by atoms with Gasteiger partial charge >= 0.3 is 7.60 Å². The Hall–Kier alpha value is 0.460. The number of nitrogens with one attached hydrogen (secondary N) is 1. The summed E-state index contributed by atoms with van der Waals surface area (Å²) in [5.41, 5.74) is 0. The Morgan fingerprint density at radius 1 is 1.28 bits per heavy atom. The van der Waals surface area contributed by atoms with Crippen molar-refractivity contribution in [1.82, 2.24) is 5.32 Å². The van der Waals surface area contributed by atoms with Gasteiger partial charge in [-0.05, 0) is 32.9 Å². The Morgan fingerprint density at radius 3 is 2.50 bits per heavy atom. The van der Waals surface area contributed by atoms with E-state index in [0.29, 0.717) is 37.2 Å². The van der Waals surface area contributed by atoms with Crippen molar-refractivity contribution in [2.24, 2.45) is 0 Å². The lowest BCUT2D eigenvalue weighted by molar-refractivity contribution is 0.220. The minimum absolute atomic E-state index is 0.439. The second-order valence-electron chi connectivity index (χ2n) is 4.44. The highest BCUT2D eigenvalue weighted by atomic mass is 32.2. The Morgan fingerprint density at radius 2 is 1.94 bits per heavy atom. The molecule has 1 rings (SSSR count). The SMILES string of the molecule is CCOP(=O)(CCNC1CCCC1SC)OCC. The van der Waals surface area contributed by atoms with Gasteiger partial charge < -0.3 is 14.4 Å². The lowest BCUT2D eigenvalue weighted by Crippen LogP contribution is -2.35. The van der Waals surface area contributed by atoms with Gasteiger partial charge in [-0.15, -0.1) is 0 Å². The first-order valence-corrected chi connectivity index (χ1v) is 9.81. The van der Waals surface area contributed by atoms with Crippen LogP contribution in [0.1, 0.15) is 33.1 Å². The van der Waals surface area contributed by atoms with Crippen LogP contribution in [0.2, 0.25) is 0 Å². The normalized spacial score (nSPS) is 24.6. The average Bonchev–Trinajstić information content (AvgIpc) is 2.77. The highest BCUT2D eigenvalue weighted by Gasteiger charge is 2.28. The lowest BCUT2D eigenvalue weighted by atomic mass is 10.2. The quantitative estimate of drug-likeness (QED) is 0.662. The van der Waals surface area contributed by atoms with E-state index in [0.717, 1.165) is 0 Å². The van der Waals surface area contributed by atoms with Gasteiger partial charge in [0.15, 0.2) is 0 Å². The summed E-state index contributed by atoms with van der Waals surface area (Å²) in [6, 6.07) is 0.553. The molecule has 0 heterocycles. The zero-order chi connectivity index (χ0) is 13.4. The standard InChI is InChI=1S/C12H26NO3PS/c1-4-15-17(14,16-5-2)10-9-13-11-7-6-8-12(11)18-3/h11-13H,4-10H2,1-3H3. The summed E-state index contributed by atoms with van der Waals surface area (Å²) in [5.74, 6) is 0. The average molecular weight is 295 g/mol. The van der Waals surface area contributed by atoms with Crippen LogP contribution in [0, 0.1) is 0 Å². The second-order valence-corrected chi connectivity index (χ2v) is 7.70. The van der Waals surface area contributed by atoms with Crippen molar-refractivity contribution in [3.05, 3.63) is 0 Å². The number of hydrogen-bond acceptors (Lipinski definition) is 5. The molecule has 0 saturated heterocycles. The first-order valence-electron chi connectivity index (χ1n) is 6.79. The fraction of sp³-hybridized carbons (Fsp3) is 1.00. The smallest absolute Gasteiger partial charge is 0.312 e. The van der Waals surface area contributed by atoms with Gasteiger partial charge in [-0.25, -0.2) is 0 Å². The van der Waals surface area contributed by atoms with Crippen LogP contribution >= 0.6 is 19.4 Å². The van der Waals surface area contributed by atoms with Crippen LogP contribution in [0.4, 0.5) is 0 Å². The molecule has 18 heavy (non-hydrogen) atoms. The summed E-state index contributed by atoms with van der Waals surface area (Å²) in [6.45, 7) is 5.28. The maximum atomic E-state index is 12.2. The van der Waals surface area contributed by atoms with Crippen molar-refractivity contribution in [3.63, 3.8) is 0 Å². The first-order chi connectivity index (χ1) is 8.65. The van der Waals surface area contributed by atoms with Crippen molar-refractivity contribution in [3.8, 4) is 0 Å². The molecule has 0 bridgehead atoms. The number of thioether (sulfide) groups is 1. The van der Waals surface area contributed by atoms with Gasteiger partial charge in [0, 0.05) is 17.8 Å². The lowest BCUT2D eigenvalue weighted by Gasteiger charge is -2.21. The third-order valence-corrected chi connectivity index (χ3v) is 6.44. The molecule has 4 nitrogen and oxygen atoms in total. The van der Waals surface area contributed by atoms with Gasteiger partial charge in [0.25, 0.3) is 0 Å². The zero-order valence-corrected chi connectivity index (χ0v) is 13.4. The summed E-state index contributed by atoms with van der Waals surface area (Å²) in [6.07, 6.45) is 6.42. The highest BCUT2D eigenvalue weighted by molar-refractivity contribution is 7.99. The van der Waals surface area contributed by atoms with E-state index in [4.69, 9.17) is 9.05 Å². The number of hydrogen-bond donors (Lipinski definition) is 1. The van der Waals surface area contributed by atoms with Crippen LogP contribution in [0.5, 0.6) is 0 Å². The summed E-state index contributed by atoms with van der Waals surface area (Å²) < 4.78 is 22.8. The molecule has 0 spiro atoms. The maximum Gasteiger partial charge on any atom is 0.331 e. The van der Waals surface area contributed by atoms with Crippen LogP contribution in [-0.4, -0.2) is 43.5 Å². The molecule has 0 aromatic rings. The van der Waals surface area contributed by atoms with Gasteiger partial charge in [0.1, 0.15) is 0 Å². The second kappa shape index (κ2) is 8.60. The molecule has 1 aliphatic carbocycles. The predicted octanol–water partition coefficient (Wildman–Crippen LogP) is 3.13. The van der Waals surface area contributed by atoms with E-state index < -0.39 is 7.60 Å². The van der Waals surface area contributed by atoms with E-state index in [-0.39, 0.29) is 0 Å². The van der Waals surface area contributed by atoms with Crippen LogP contribution in [-0.2, 0) is 13.6 Å². The van der Waals surface area contributed by atoms with Gasteiger partial charge in [-0.1, -0.05) is 6.42 Å². The molecule has 1 fully saturated rings. The van der Waals surface area contributed by atoms with E-state index in [1.165, 1.54) is 19.3 Å². The Kier molecular flexibility index (Phi) is 7.89. The third kappa shape index (κ3) is 5.22. The molecule has 1 aliphatic rings. The molecule has 108 valence electrons.